The van der Waals surface area contributed by atoms with E-state index in [-0.39, 0.29) is 24.0 Å². The fraction of sp³-hybridized carbons (Fsp3) is 0.308. The highest BCUT2D eigenvalue weighted by Crippen LogP contribution is 2.36. The van der Waals surface area contributed by atoms with E-state index in [4.69, 9.17) is 20.8 Å². The zero-order valence-electron chi connectivity index (χ0n) is 20.3. The number of benzene rings is 2. The summed E-state index contributed by atoms with van der Waals surface area (Å²) in [4.78, 5) is 15.6. The van der Waals surface area contributed by atoms with Gasteiger partial charge in [0.05, 0.1) is 22.6 Å². The van der Waals surface area contributed by atoms with Gasteiger partial charge in [-0.15, -0.1) is 0 Å². The molecule has 1 saturated heterocycles. The molecule has 0 bridgehead atoms. The molecule has 4 N–H and O–H groups in total. The Labute approximate surface area is 200 Å². The van der Waals surface area contributed by atoms with Gasteiger partial charge in [-0.1, -0.05) is 24.3 Å². The maximum atomic E-state index is 11.1. The Bertz CT molecular complexity index is 1270. The molecule has 0 spiro atoms. The van der Waals surface area contributed by atoms with Crippen molar-refractivity contribution in [1.82, 2.24) is 4.57 Å². The first kappa shape index (κ1) is 23.8. The first-order valence-corrected chi connectivity index (χ1v) is 11.3. The second-order valence-electron chi connectivity index (χ2n) is 9.73. The number of nitrogens with zero attached hydrogens (tertiary/aromatic N) is 2. The summed E-state index contributed by atoms with van der Waals surface area (Å²) in [7, 11) is -0.359. The van der Waals surface area contributed by atoms with E-state index < -0.39 is 5.91 Å². The minimum absolute atomic E-state index is 0.0158. The first-order valence-electron chi connectivity index (χ1n) is 11.3. The molecule has 2 heterocycles. The fourth-order valence-electron chi connectivity index (χ4n) is 3.88. The van der Waals surface area contributed by atoms with E-state index in [0.717, 1.165) is 28.6 Å². The number of aliphatic imine (C=N–C) groups is 1. The van der Waals surface area contributed by atoms with Crippen LogP contribution >= 0.6 is 0 Å². The smallest absolute Gasteiger partial charge is 0.399 e. The number of hydrogen-bond acceptors (Lipinski definition) is 5. The van der Waals surface area contributed by atoms with Crippen molar-refractivity contribution in [2.45, 2.75) is 52.4 Å². The SMILES string of the molecule is CC(C=C(N)C(N)=O)=Nc1ccc2c(ccn2Cc2ccc(B3OC(C)(C)C(C)(C)O3)cc2)c1. The molecule has 1 aliphatic rings. The Kier molecular flexibility index (Phi) is 6.14. The fourth-order valence-corrected chi connectivity index (χ4v) is 3.88. The minimum atomic E-state index is -0.661. The Hall–Kier alpha value is -3.36. The molecular formula is C26H31BN4O3. The van der Waals surface area contributed by atoms with Gasteiger partial charge in [0.2, 0.25) is 0 Å². The van der Waals surface area contributed by atoms with Crippen molar-refractivity contribution in [3.05, 3.63) is 72.1 Å². The van der Waals surface area contributed by atoms with Crippen LogP contribution in [0.3, 0.4) is 0 Å². The molecule has 2 aromatic carbocycles. The third-order valence-electron chi connectivity index (χ3n) is 6.57. The van der Waals surface area contributed by atoms with Gasteiger partial charge in [-0.05, 0) is 76.0 Å². The monoisotopic (exact) mass is 458 g/mol. The summed E-state index contributed by atoms with van der Waals surface area (Å²) in [6.07, 6.45) is 3.54. The minimum Gasteiger partial charge on any atom is -0.399 e. The summed E-state index contributed by atoms with van der Waals surface area (Å²) >= 11 is 0. The lowest BCUT2D eigenvalue weighted by Gasteiger charge is -2.32. The summed E-state index contributed by atoms with van der Waals surface area (Å²) in [5.41, 5.74) is 14.7. The average molecular weight is 458 g/mol. The standard InChI is InChI=1S/C26H31BN4O3/c1-17(14-22(28)24(29)32)30-21-10-11-23-19(15-21)12-13-31(23)16-18-6-8-20(9-7-18)27-33-25(2,3)26(4,5)34-27/h6-15H,16,28H2,1-5H3,(H2,29,32). The van der Waals surface area contributed by atoms with Crippen molar-refractivity contribution in [3.8, 4) is 0 Å². The number of rotatable bonds is 6. The Morgan fingerprint density at radius 3 is 2.29 bits per heavy atom. The van der Waals surface area contributed by atoms with E-state index in [0.29, 0.717) is 5.71 Å². The average Bonchev–Trinajstić information content (AvgIpc) is 3.24. The molecule has 0 saturated carbocycles. The number of hydrogen-bond donors (Lipinski definition) is 2. The number of primary amides is 1. The molecule has 0 radical (unpaired) electrons. The van der Waals surface area contributed by atoms with Crippen LogP contribution in [-0.2, 0) is 20.6 Å². The Balaban J connectivity index is 1.49. The van der Waals surface area contributed by atoms with Crippen LogP contribution in [-0.4, -0.2) is 34.5 Å². The summed E-state index contributed by atoms with van der Waals surface area (Å²) in [6.45, 7) is 10.8. The highest BCUT2D eigenvalue weighted by atomic mass is 16.7. The second-order valence-corrected chi connectivity index (χ2v) is 9.73. The van der Waals surface area contributed by atoms with Gasteiger partial charge >= 0.3 is 7.12 Å². The molecule has 0 atom stereocenters. The van der Waals surface area contributed by atoms with Gasteiger partial charge in [-0.25, -0.2) is 0 Å². The maximum absolute atomic E-state index is 11.1. The summed E-state index contributed by atoms with van der Waals surface area (Å²) in [5.74, 6) is -0.661. The lowest BCUT2D eigenvalue weighted by atomic mass is 9.79. The van der Waals surface area contributed by atoms with E-state index in [9.17, 15) is 4.79 Å². The zero-order chi connectivity index (χ0) is 24.7. The van der Waals surface area contributed by atoms with Crippen LogP contribution in [0.25, 0.3) is 10.9 Å². The van der Waals surface area contributed by atoms with Crippen LogP contribution < -0.4 is 16.9 Å². The van der Waals surface area contributed by atoms with Gasteiger partial charge in [-0.2, -0.15) is 0 Å². The van der Waals surface area contributed by atoms with Crippen molar-refractivity contribution in [2.24, 2.45) is 16.5 Å². The van der Waals surface area contributed by atoms with E-state index in [1.54, 1.807) is 6.92 Å². The summed E-state index contributed by atoms with van der Waals surface area (Å²) in [5, 5.41) is 1.08. The number of fused-ring (bicyclic) bond motifs is 1. The van der Waals surface area contributed by atoms with Gasteiger partial charge in [-0.3, -0.25) is 9.79 Å². The van der Waals surface area contributed by atoms with Gasteiger partial charge in [0.25, 0.3) is 5.91 Å². The number of carbonyl (C=O) groups excluding carboxylic acids is 1. The van der Waals surface area contributed by atoms with Gasteiger partial charge < -0.3 is 25.3 Å². The molecule has 1 fully saturated rings. The summed E-state index contributed by atoms with van der Waals surface area (Å²) in [6, 6.07) is 16.4. The van der Waals surface area contributed by atoms with E-state index >= 15 is 0 Å². The lowest BCUT2D eigenvalue weighted by molar-refractivity contribution is -0.114. The molecule has 0 unspecified atom stereocenters. The van der Waals surface area contributed by atoms with Crippen LogP contribution in [0.4, 0.5) is 5.69 Å². The lowest BCUT2D eigenvalue weighted by Crippen LogP contribution is -2.41. The number of amides is 1. The van der Waals surface area contributed by atoms with Crippen molar-refractivity contribution in [3.63, 3.8) is 0 Å². The van der Waals surface area contributed by atoms with E-state index in [1.165, 1.54) is 11.6 Å². The number of carbonyl (C=O) groups is 1. The number of allylic oxidation sites excluding steroid dienone is 1. The molecular weight excluding hydrogens is 427 g/mol. The highest BCUT2D eigenvalue weighted by molar-refractivity contribution is 6.62. The molecule has 34 heavy (non-hydrogen) atoms. The topological polar surface area (TPSA) is 105 Å². The van der Waals surface area contributed by atoms with Gasteiger partial charge in [0.1, 0.15) is 0 Å². The molecule has 1 aromatic heterocycles. The number of nitrogens with two attached hydrogens (primary N) is 2. The van der Waals surface area contributed by atoms with Crippen LogP contribution in [0.15, 0.2) is 71.5 Å². The number of aromatic nitrogens is 1. The highest BCUT2D eigenvalue weighted by Gasteiger charge is 2.51. The molecule has 8 heteroatoms. The quantitative estimate of drug-likeness (QED) is 0.336. The predicted molar refractivity (Wildman–Crippen MR) is 137 cm³/mol. The van der Waals surface area contributed by atoms with Crippen LogP contribution in [0.2, 0.25) is 0 Å². The first-order chi connectivity index (χ1) is 15.9. The van der Waals surface area contributed by atoms with Crippen molar-refractivity contribution >= 4 is 40.8 Å². The van der Waals surface area contributed by atoms with Crippen molar-refractivity contribution in [1.29, 1.82) is 0 Å². The third kappa shape index (κ3) is 4.78. The van der Waals surface area contributed by atoms with Crippen molar-refractivity contribution < 1.29 is 14.1 Å². The van der Waals surface area contributed by atoms with Crippen molar-refractivity contribution in [2.75, 3.05) is 0 Å². The molecule has 0 aliphatic carbocycles. The third-order valence-corrected chi connectivity index (χ3v) is 6.57. The zero-order valence-corrected chi connectivity index (χ0v) is 20.3. The van der Waals surface area contributed by atoms with Crippen LogP contribution in [0, 0.1) is 0 Å². The Morgan fingerprint density at radius 1 is 1.03 bits per heavy atom. The molecule has 7 nitrogen and oxygen atoms in total. The second kappa shape index (κ2) is 8.78. The van der Waals surface area contributed by atoms with E-state index in [2.05, 4.69) is 73.8 Å². The van der Waals surface area contributed by atoms with E-state index in [1.807, 2.05) is 18.2 Å². The maximum Gasteiger partial charge on any atom is 0.494 e. The Morgan fingerprint density at radius 2 is 1.68 bits per heavy atom. The van der Waals surface area contributed by atoms with Gasteiger partial charge in [0.15, 0.2) is 0 Å². The predicted octanol–water partition coefficient (Wildman–Crippen LogP) is 3.41. The normalized spacial score (nSPS) is 18.0. The molecule has 176 valence electrons. The molecule has 3 aromatic rings. The van der Waals surface area contributed by atoms with Crippen LogP contribution in [0.1, 0.15) is 40.2 Å². The summed E-state index contributed by atoms with van der Waals surface area (Å²) < 4.78 is 14.5. The molecule has 1 aliphatic heterocycles. The van der Waals surface area contributed by atoms with Gasteiger partial charge in [0, 0.05) is 29.4 Å². The van der Waals surface area contributed by atoms with Crippen LogP contribution in [0.5, 0.6) is 0 Å². The largest absolute Gasteiger partial charge is 0.494 e. The molecule has 1 amide bonds. The molecule has 4 rings (SSSR count).